The van der Waals surface area contributed by atoms with E-state index in [1.54, 1.807) is 6.92 Å². The maximum atomic E-state index is 14.8. The van der Waals surface area contributed by atoms with Crippen LogP contribution in [0.25, 0.3) is 11.5 Å². The van der Waals surface area contributed by atoms with Gasteiger partial charge in [0.2, 0.25) is 5.91 Å². The highest BCUT2D eigenvalue weighted by molar-refractivity contribution is 6.05. The normalized spacial score (nSPS) is 15.5. The number of carbonyl (C=O) groups is 2. The van der Waals surface area contributed by atoms with E-state index in [9.17, 15) is 27.2 Å². The number of aromatic nitrogens is 4. The van der Waals surface area contributed by atoms with E-state index in [2.05, 4.69) is 25.8 Å². The Morgan fingerprint density at radius 2 is 1.79 bits per heavy atom. The first-order valence-electron chi connectivity index (χ1n) is 12.4. The highest BCUT2D eigenvalue weighted by Gasteiger charge is 2.38. The van der Waals surface area contributed by atoms with Crippen LogP contribution in [0.5, 0.6) is 0 Å². The molecule has 0 unspecified atom stereocenters. The molecule has 0 aliphatic heterocycles. The highest BCUT2D eigenvalue weighted by atomic mass is 19.4. The smallest absolute Gasteiger partial charge is 0.326 e. The molecule has 8 nitrogen and oxygen atoms in total. The zero-order valence-corrected chi connectivity index (χ0v) is 21.0. The van der Waals surface area contributed by atoms with Gasteiger partial charge in [0, 0.05) is 11.6 Å². The molecular weight excluding hydrogens is 504 g/mol. The molecule has 4 rings (SSSR count). The van der Waals surface area contributed by atoms with Crippen LogP contribution in [0.15, 0.2) is 36.7 Å². The van der Waals surface area contributed by atoms with E-state index in [1.165, 1.54) is 30.3 Å². The predicted molar refractivity (Wildman–Crippen MR) is 133 cm³/mol. The van der Waals surface area contributed by atoms with Gasteiger partial charge in [-0.3, -0.25) is 9.59 Å². The fraction of sp³-hybridized carbons (Fsp3) is 0.423. The van der Waals surface area contributed by atoms with Gasteiger partial charge in [0.15, 0.2) is 5.82 Å². The molecule has 2 heterocycles. The summed E-state index contributed by atoms with van der Waals surface area (Å²) in [6.45, 7) is 2.60. The lowest BCUT2D eigenvalue weighted by atomic mass is 9.99. The fourth-order valence-corrected chi connectivity index (χ4v) is 4.44. The zero-order chi connectivity index (χ0) is 27.4. The van der Waals surface area contributed by atoms with Crippen LogP contribution in [0.2, 0.25) is 0 Å². The van der Waals surface area contributed by atoms with Gasteiger partial charge in [0.25, 0.3) is 5.91 Å². The first-order valence-corrected chi connectivity index (χ1v) is 12.4. The molecular formula is C26H28F4N6O2. The lowest BCUT2D eigenvalue weighted by Gasteiger charge is -2.18. The Morgan fingerprint density at radius 1 is 1.08 bits per heavy atom. The number of benzene rings is 1. The number of hydrogen-bond acceptors (Lipinski definition) is 5. The van der Waals surface area contributed by atoms with Crippen molar-refractivity contribution < 1.29 is 27.2 Å². The molecule has 2 N–H and O–H groups in total. The second-order valence-corrected chi connectivity index (χ2v) is 9.47. The number of halogens is 4. The van der Waals surface area contributed by atoms with Crippen molar-refractivity contribution in [3.05, 3.63) is 53.6 Å². The molecule has 202 valence electrons. The molecule has 3 aromatic rings. The Balaban J connectivity index is 1.53. The standard InChI is InChI=1S/C26H28F4N6O2/c1-15-12-19(27)18(13-21(15)33-24(37)17-8-5-3-4-6-9-17)25(38)34-22-11-7-10-20(32-22)23-35-31-14-36(23)16(2)26(28,29)30/h7,10-14,16-17H,3-6,8-9H2,1-2H3,(H,33,37)(H,32,34,38)/t16-/m0/s1. The van der Waals surface area contributed by atoms with Crippen LogP contribution in [-0.4, -0.2) is 37.7 Å². The van der Waals surface area contributed by atoms with Crippen molar-refractivity contribution in [1.29, 1.82) is 0 Å². The number of nitrogens with zero attached hydrogens (tertiary/aromatic N) is 4. The van der Waals surface area contributed by atoms with Crippen LogP contribution in [0.3, 0.4) is 0 Å². The zero-order valence-electron chi connectivity index (χ0n) is 21.0. The summed E-state index contributed by atoms with van der Waals surface area (Å²) in [6.07, 6.45) is 2.14. The monoisotopic (exact) mass is 532 g/mol. The summed E-state index contributed by atoms with van der Waals surface area (Å²) in [5.74, 6) is -2.07. The molecule has 2 amide bonds. The number of rotatable bonds is 6. The minimum Gasteiger partial charge on any atom is -0.326 e. The molecule has 0 bridgehead atoms. The van der Waals surface area contributed by atoms with Crippen molar-refractivity contribution >= 4 is 23.3 Å². The number of pyridine rings is 1. The summed E-state index contributed by atoms with van der Waals surface area (Å²) in [5.41, 5.74) is 0.533. The lowest BCUT2D eigenvalue weighted by Crippen LogP contribution is -2.24. The molecule has 1 aromatic carbocycles. The quantitative estimate of drug-likeness (QED) is 0.296. The van der Waals surface area contributed by atoms with Gasteiger partial charge in [-0.05, 0) is 56.5 Å². The van der Waals surface area contributed by atoms with Crippen molar-refractivity contribution in [3.63, 3.8) is 0 Å². The minimum atomic E-state index is -4.53. The Morgan fingerprint density at radius 3 is 2.47 bits per heavy atom. The van der Waals surface area contributed by atoms with Crippen LogP contribution in [-0.2, 0) is 4.79 Å². The Kier molecular flexibility index (Phi) is 8.08. The van der Waals surface area contributed by atoms with E-state index in [1.807, 2.05) is 0 Å². The summed E-state index contributed by atoms with van der Waals surface area (Å²) < 4.78 is 55.3. The summed E-state index contributed by atoms with van der Waals surface area (Å²) in [4.78, 5) is 29.9. The van der Waals surface area contributed by atoms with Gasteiger partial charge in [-0.2, -0.15) is 13.2 Å². The second-order valence-electron chi connectivity index (χ2n) is 9.47. The molecule has 1 aliphatic carbocycles. The Hall–Kier alpha value is -3.83. The molecule has 2 aromatic heterocycles. The van der Waals surface area contributed by atoms with E-state index < -0.39 is 23.9 Å². The van der Waals surface area contributed by atoms with E-state index in [4.69, 9.17) is 0 Å². The highest BCUT2D eigenvalue weighted by Crippen LogP contribution is 2.33. The van der Waals surface area contributed by atoms with Gasteiger partial charge in [-0.25, -0.2) is 9.37 Å². The van der Waals surface area contributed by atoms with Crippen molar-refractivity contribution in [1.82, 2.24) is 19.7 Å². The van der Waals surface area contributed by atoms with Crippen molar-refractivity contribution in [2.24, 2.45) is 5.92 Å². The molecule has 1 atom stereocenters. The molecule has 1 aliphatic rings. The maximum Gasteiger partial charge on any atom is 0.408 e. The maximum absolute atomic E-state index is 14.8. The number of nitrogens with one attached hydrogen (secondary N) is 2. The molecule has 0 spiro atoms. The average molecular weight is 533 g/mol. The van der Waals surface area contributed by atoms with Crippen LogP contribution in [0.4, 0.5) is 29.1 Å². The molecule has 38 heavy (non-hydrogen) atoms. The van der Waals surface area contributed by atoms with Crippen LogP contribution in [0, 0.1) is 18.7 Å². The van der Waals surface area contributed by atoms with Crippen LogP contribution >= 0.6 is 0 Å². The first-order chi connectivity index (χ1) is 18.0. The second kappa shape index (κ2) is 11.3. The fourth-order valence-electron chi connectivity index (χ4n) is 4.44. The average Bonchev–Trinajstić information content (AvgIpc) is 3.19. The summed E-state index contributed by atoms with van der Waals surface area (Å²) in [5, 5.41) is 12.6. The van der Waals surface area contributed by atoms with Gasteiger partial charge < -0.3 is 15.2 Å². The van der Waals surface area contributed by atoms with E-state index in [0.29, 0.717) is 11.3 Å². The molecule has 1 saturated carbocycles. The Bertz CT molecular complexity index is 1320. The third-order valence-electron chi connectivity index (χ3n) is 6.73. The summed E-state index contributed by atoms with van der Waals surface area (Å²) >= 11 is 0. The predicted octanol–water partition coefficient (Wildman–Crippen LogP) is 6.07. The number of hydrogen-bond donors (Lipinski definition) is 2. The molecule has 12 heteroatoms. The summed E-state index contributed by atoms with van der Waals surface area (Å²) in [6, 6.07) is 4.85. The molecule has 1 fully saturated rings. The van der Waals surface area contributed by atoms with Crippen molar-refractivity contribution in [2.45, 2.75) is 64.6 Å². The van der Waals surface area contributed by atoms with Crippen molar-refractivity contribution in [2.75, 3.05) is 10.6 Å². The summed E-state index contributed by atoms with van der Waals surface area (Å²) in [7, 11) is 0. The van der Waals surface area contributed by atoms with Gasteiger partial charge in [0.1, 0.15) is 29.7 Å². The lowest BCUT2D eigenvalue weighted by molar-refractivity contribution is -0.162. The third kappa shape index (κ3) is 6.17. The van der Waals surface area contributed by atoms with Gasteiger partial charge >= 0.3 is 6.18 Å². The number of aryl methyl sites for hydroxylation is 1. The van der Waals surface area contributed by atoms with Gasteiger partial charge in [0.05, 0.1) is 5.56 Å². The first kappa shape index (κ1) is 27.2. The Labute approximate surface area is 216 Å². The minimum absolute atomic E-state index is 0.0225. The molecule has 0 radical (unpaired) electrons. The van der Waals surface area contributed by atoms with Crippen molar-refractivity contribution in [3.8, 4) is 11.5 Å². The van der Waals surface area contributed by atoms with E-state index >= 15 is 0 Å². The van der Waals surface area contributed by atoms with Gasteiger partial charge in [-0.15, -0.1) is 10.2 Å². The van der Waals surface area contributed by atoms with Crippen LogP contribution in [0.1, 0.15) is 67.4 Å². The van der Waals surface area contributed by atoms with E-state index in [0.717, 1.165) is 56.3 Å². The third-order valence-corrected chi connectivity index (χ3v) is 6.73. The topological polar surface area (TPSA) is 102 Å². The van der Waals surface area contributed by atoms with Crippen LogP contribution < -0.4 is 10.6 Å². The number of amides is 2. The van der Waals surface area contributed by atoms with Gasteiger partial charge in [-0.1, -0.05) is 31.7 Å². The number of carbonyl (C=O) groups excluding carboxylic acids is 2. The number of anilines is 2. The molecule has 0 saturated heterocycles. The number of alkyl halides is 3. The SMILES string of the molecule is Cc1cc(F)c(C(=O)Nc2cccc(-c3nncn3[C@@H](C)C(F)(F)F)n2)cc1NC(=O)C1CCCCCC1. The largest absolute Gasteiger partial charge is 0.408 e. The van der Waals surface area contributed by atoms with E-state index in [-0.39, 0.29) is 34.7 Å².